The Balaban J connectivity index is 2.30. The van der Waals surface area contributed by atoms with Crippen LogP contribution in [0.3, 0.4) is 0 Å². The second-order valence-corrected chi connectivity index (χ2v) is 3.20. The molecule has 0 atom stereocenters. The van der Waals surface area contributed by atoms with Crippen LogP contribution in [0.5, 0.6) is 17.9 Å². The van der Waals surface area contributed by atoms with E-state index in [0.717, 1.165) is 4.68 Å². The number of nitrogens with two attached hydrogens (primary N) is 1. The van der Waals surface area contributed by atoms with Crippen LogP contribution in [0, 0.1) is 0 Å². The molecule has 0 fully saturated rings. The number of aryl methyl sites for hydroxylation is 1. The van der Waals surface area contributed by atoms with Crippen molar-refractivity contribution >= 4 is 5.95 Å². The maximum atomic E-state index is 11.1. The Morgan fingerprint density at radius 3 is 2.61 bits per heavy atom. The Kier molecular flexibility index (Phi) is 3.04. The largest absolute Gasteiger partial charge is 0.467 e. The van der Waals surface area contributed by atoms with E-state index in [0.29, 0.717) is 0 Å². The van der Waals surface area contributed by atoms with Crippen LogP contribution in [-0.4, -0.2) is 31.8 Å². The number of aromatic nitrogens is 5. The van der Waals surface area contributed by atoms with Crippen LogP contribution in [0.15, 0.2) is 16.9 Å². The third kappa shape index (κ3) is 2.51. The highest BCUT2D eigenvalue weighted by atomic mass is 16.5. The summed E-state index contributed by atoms with van der Waals surface area (Å²) in [5.41, 5.74) is 5.19. The smallest absolute Gasteiger partial charge is 0.331 e. The number of nitrogens with zero attached hydrogens (tertiary/aromatic N) is 5. The first-order valence-corrected chi connectivity index (χ1v) is 4.86. The van der Waals surface area contributed by atoms with Gasteiger partial charge in [0.1, 0.15) is 0 Å². The highest BCUT2D eigenvalue weighted by Gasteiger charge is 2.08. The molecule has 0 saturated carbocycles. The second kappa shape index (κ2) is 4.65. The van der Waals surface area contributed by atoms with Crippen molar-refractivity contribution < 1.29 is 9.47 Å². The summed E-state index contributed by atoms with van der Waals surface area (Å²) in [5.74, 6) is 0.117. The quantitative estimate of drug-likeness (QED) is 0.763. The predicted molar refractivity (Wildman–Crippen MR) is 60.3 cm³/mol. The topological polar surface area (TPSA) is 118 Å². The Labute approximate surface area is 101 Å². The highest BCUT2D eigenvalue weighted by Crippen LogP contribution is 2.16. The molecule has 2 N–H and O–H groups in total. The van der Waals surface area contributed by atoms with Gasteiger partial charge >= 0.3 is 12.0 Å². The number of ether oxygens (including phenoxy) is 2. The molecule has 0 saturated heterocycles. The Bertz CT molecular complexity index is 626. The maximum Gasteiger partial charge on any atom is 0.331 e. The van der Waals surface area contributed by atoms with Crippen LogP contribution in [-0.2, 0) is 7.05 Å². The van der Waals surface area contributed by atoms with Gasteiger partial charge in [0.15, 0.2) is 0 Å². The summed E-state index contributed by atoms with van der Waals surface area (Å²) >= 11 is 0. The normalized spacial score (nSPS) is 10.1. The third-order valence-electron chi connectivity index (χ3n) is 1.93. The van der Waals surface area contributed by atoms with Crippen molar-refractivity contribution in [2.45, 2.75) is 0 Å². The molecule has 18 heavy (non-hydrogen) atoms. The van der Waals surface area contributed by atoms with Crippen molar-refractivity contribution in [3.63, 3.8) is 0 Å². The summed E-state index contributed by atoms with van der Waals surface area (Å²) in [5, 5.41) is 3.85. The first-order chi connectivity index (χ1) is 8.58. The summed E-state index contributed by atoms with van der Waals surface area (Å²) < 4.78 is 11.2. The SMILES string of the molecule is COc1nc(N)nc(Oc2ccc(=O)n(C)n2)n1. The first kappa shape index (κ1) is 11.8. The fourth-order valence-electron chi connectivity index (χ4n) is 1.12. The summed E-state index contributed by atoms with van der Waals surface area (Å²) in [6.07, 6.45) is 0. The van der Waals surface area contributed by atoms with E-state index in [4.69, 9.17) is 15.2 Å². The average Bonchev–Trinajstić information content (AvgIpc) is 2.33. The zero-order valence-electron chi connectivity index (χ0n) is 9.69. The molecule has 0 aliphatic rings. The van der Waals surface area contributed by atoms with Crippen molar-refractivity contribution in [1.29, 1.82) is 0 Å². The summed E-state index contributed by atoms with van der Waals surface area (Å²) in [6, 6.07) is 2.67. The molecule has 0 bridgehead atoms. The average molecular weight is 250 g/mol. The second-order valence-electron chi connectivity index (χ2n) is 3.20. The van der Waals surface area contributed by atoms with E-state index in [1.54, 1.807) is 0 Å². The van der Waals surface area contributed by atoms with Crippen molar-refractivity contribution in [1.82, 2.24) is 24.7 Å². The van der Waals surface area contributed by atoms with Crippen LogP contribution in [0.4, 0.5) is 5.95 Å². The Morgan fingerprint density at radius 1 is 1.22 bits per heavy atom. The van der Waals surface area contributed by atoms with Crippen molar-refractivity contribution in [2.24, 2.45) is 7.05 Å². The molecule has 2 aromatic heterocycles. The minimum Gasteiger partial charge on any atom is -0.467 e. The fourth-order valence-corrected chi connectivity index (χ4v) is 1.12. The zero-order valence-corrected chi connectivity index (χ0v) is 9.69. The highest BCUT2D eigenvalue weighted by molar-refractivity contribution is 5.22. The molecule has 2 rings (SSSR count). The number of hydrogen-bond acceptors (Lipinski definition) is 8. The van der Waals surface area contributed by atoms with E-state index in [2.05, 4.69) is 20.1 Å². The number of hydrogen-bond donors (Lipinski definition) is 1. The van der Waals surface area contributed by atoms with Gasteiger partial charge in [-0.2, -0.15) is 9.97 Å². The lowest BCUT2D eigenvalue weighted by molar-refractivity contribution is 0.354. The van der Waals surface area contributed by atoms with Gasteiger partial charge in [0.05, 0.1) is 7.11 Å². The van der Waals surface area contributed by atoms with E-state index in [9.17, 15) is 4.79 Å². The van der Waals surface area contributed by atoms with Gasteiger partial charge in [-0.1, -0.05) is 0 Å². The molecule has 0 aromatic carbocycles. The van der Waals surface area contributed by atoms with Gasteiger partial charge in [0.25, 0.3) is 5.56 Å². The molecule has 0 spiro atoms. The maximum absolute atomic E-state index is 11.1. The van der Waals surface area contributed by atoms with Crippen molar-refractivity contribution in [3.05, 3.63) is 22.5 Å². The van der Waals surface area contributed by atoms with Gasteiger partial charge in [-0.25, -0.2) is 4.68 Å². The van der Waals surface area contributed by atoms with Gasteiger partial charge in [0, 0.05) is 19.2 Å². The Hall–Kier alpha value is -2.71. The standard InChI is InChI=1S/C9H10N6O3/c1-15-6(16)4-3-5(14-15)18-9-12-7(10)11-8(13-9)17-2/h3-4H,1-2H3,(H2,10,11,12,13). The molecule has 0 radical (unpaired) electrons. The van der Waals surface area contributed by atoms with E-state index >= 15 is 0 Å². The molecule has 2 heterocycles. The zero-order chi connectivity index (χ0) is 13.1. The summed E-state index contributed by atoms with van der Waals surface area (Å²) in [4.78, 5) is 22.4. The number of anilines is 1. The van der Waals surface area contributed by atoms with Gasteiger partial charge in [0.2, 0.25) is 11.8 Å². The summed E-state index contributed by atoms with van der Waals surface area (Å²) in [6.45, 7) is 0. The molecule has 0 aliphatic carbocycles. The van der Waals surface area contributed by atoms with Gasteiger partial charge in [-0.15, -0.1) is 10.1 Å². The van der Waals surface area contributed by atoms with Crippen molar-refractivity contribution in [3.8, 4) is 17.9 Å². The number of nitrogen functional groups attached to an aromatic ring is 1. The molecular weight excluding hydrogens is 240 g/mol. The van der Waals surface area contributed by atoms with Crippen LogP contribution in [0.2, 0.25) is 0 Å². The van der Waals surface area contributed by atoms with Crippen LogP contribution < -0.4 is 20.8 Å². The van der Waals surface area contributed by atoms with Crippen molar-refractivity contribution in [2.75, 3.05) is 12.8 Å². The molecule has 9 heteroatoms. The molecule has 9 nitrogen and oxygen atoms in total. The van der Waals surface area contributed by atoms with Gasteiger partial charge in [-0.05, 0) is 0 Å². The van der Waals surface area contributed by atoms with Gasteiger partial charge < -0.3 is 15.2 Å². The molecule has 0 aliphatic heterocycles. The lowest BCUT2D eigenvalue weighted by Crippen LogP contribution is -2.18. The van der Waals surface area contributed by atoms with E-state index in [1.165, 1.54) is 26.3 Å². The number of rotatable bonds is 3. The number of methoxy groups -OCH3 is 1. The van der Waals surface area contributed by atoms with Crippen LogP contribution >= 0.6 is 0 Å². The van der Waals surface area contributed by atoms with E-state index < -0.39 is 0 Å². The van der Waals surface area contributed by atoms with E-state index in [-0.39, 0.29) is 29.4 Å². The predicted octanol–water partition coefficient (Wildman–Crippen LogP) is -0.652. The van der Waals surface area contributed by atoms with Crippen LogP contribution in [0.1, 0.15) is 0 Å². The monoisotopic (exact) mass is 250 g/mol. The minimum atomic E-state index is -0.255. The first-order valence-electron chi connectivity index (χ1n) is 4.86. The fraction of sp³-hybridized carbons (Fsp3) is 0.222. The lowest BCUT2D eigenvalue weighted by Gasteiger charge is -2.05. The molecule has 2 aromatic rings. The van der Waals surface area contributed by atoms with E-state index in [1.807, 2.05) is 0 Å². The molecule has 0 unspecified atom stereocenters. The molecule has 94 valence electrons. The van der Waals surface area contributed by atoms with Gasteiger partial charge in [-0.3, -0.25) is 4.79 Å². The third-order valence-corrected chi connectivity index (χ3v) is 1.93. The molecule has 0 amide bonds. The molecular formula is C9H10N6O3. The minimum absolute atomic E-state index is 0.0299. The Morgan fingerprint density at radius 2 is 1.94 bits per heavy atom. The van der Waals surface area contributed by atoms with Crippen LogP contribution in [0.25, 0.3) is 0 Å². The summed E-state index contributed by atoms with van der Waals surface area (Å²) in [7, 11) is 2.89. The lowest BCUT2D eigenvalue weighted by atomic mass is 10.5.